The van der Waals surface area contributed by atoms with Gasteiger partial charge in [-0.25, -0.2) is 0 Å². The molecule has 0 aliphatic carbocycles. The number of Topliss-reactive ketones (excluding diaryl/α,β-unsaturated/α-hetero) is 1. The summed E-state index contributed by atoms with van der Waals surface area (Å²) in [5.41, 5.74) is 2.16. The predicted molar refractivity (Wildman–Crippen MR) is 109 cm³/mol. The molecule has 1 aromatic heterocycles. The monoisotopic (exact) mass is 407 g/mol. The van der Waals surface area contributed by atoms with Crippen LogP contribution in [0.15, 0.2) is 76.9 Å². The molecular formula is C23H18ClNO4. The highest BCUT2D eigenvalue weighted by Gasteiger charge is 2.46. The van der Waals surface area contributed by atoms with E-state index in [0.717, 1.165) is 5.56 Å². The molecule has 1 saturated heterocycles. The fraction of sp³-hybridized carbons (Fsp3) is 0.130. The van der Waals surface area contributed by atoms with E-state index in [0.29, 0.717) is 21.9 Å². The Balaban J connectivity index is 1.87. The molecule has 0 spiro atoms. The number of halogens is 1. The first kappa shape index (κ1) is 19.0. The van der Waals surface area contributed by atoms with Crippen LogP contribution in [0.2, 0.25) is 5.02 Å². The second kappa shape index (κ2) is 7.60. The van der Waals surface area contributed by atoms with Crippen LogP contribution >= 0.6 is 11.6 Å². The molecule has 1 amide bonds. The summed E-state index contributed by atoms with van der Waals surface area (Å²) in [6, 6.07) is 16.7. The van der Waals surface area contributed by atoms with Gasteiger partial charge in [0, 0.05) is 10.6 Å². The van der Waals surface area contributed by atoms with Gasteiger partial charge in [0.05, 0.1) is 24.4 Å². The Morgan fingerprint density at radius 1 is 1.10 bits per heavy atom. The second-order valence-electron chi connectivity index (χ2n) is 6.93. The molecule has 6 heteroatoms. The lowest BCUT2D eigenvalue weighted by atomic mass is 9.95. The van der Waals surface area contributed by atoms with Gasteiger partial charge in [0.1, 0.15) is 11.5 Å². The van der Waals surface area contributed by atoms with Crippen molar-refractivity contribution in [1.29, 1.82) is 0 Å². The summed E-state index contributed by atoms with van der Waals surface area (Å²) in [6.45, 7) is 2.03. The van der Waals surface area contributed by atoms with Crippen molar-refractivity contribution in [3.8, 4) is 0 Å². The van der Waals surface area contributed by atoms with Crippen LogP contribution in [0.4, 0.5) is 0 Å². The first-order chi connectivity index (χ1) is 14.0. The summed E-state index contributed by atoms with van der Waals surface area (Å²) in [5, 5.41) is 11.4. The van der Waals surface area contributed by atoms with Crippen molar-refractivity contribution < 1.29 is 19.1 Å². The molecule has 4 rings (SSSR count). The van der Waals surface area contributed by atoms with E-state index in [9.17, 15) is 14.7 Å². The molecule has 29 heavy (non-hydrogen) atoms. The number of aliphatic hydroxyl groups excluding tert-OH is 1. The summed E-state index contributed by atoms with van der Waals surface area (Å²) >= 11 is 6.16. The van der Waals surface area contributed by atoms with Gasteiger partial charge in [0.2, 0.25) is 0 Å². The number of aryl methyl sites for hydroxylation is 1. The van der Waals surface area contributed by atoms with Gasteiger partial charge in [-0.2, -0.15) is 0 Å². The number of carbonyl (C=O) groups is 2. The lowest BCUT2D eigenvalue weighted by Gasteiger charge is -2.24. The van der Waals surface area contributed by atoms with E-state index < -0.39 is 17.7 Å². The quantitative estimate of drug-likeness (QED) is 0.381. The number of nitrogens with zero attached hydrogens (tertiary/aromatic N) is 1. The molecule has 1 unspecified atom stereocenters. The number of hydrogen-bond donors (Lipinski definition) is 1. The van der Waals surface area contributed by atoms with Gasteiger partial charge in [-0.1, -0.05) is 53.6 Å². The van der Waals surface area contributed by atoms with E-state index in [1.54, 1.807) is 48.5 Å². The van der Waals surface area contributed by atoms with Crippen molar-refractivity contribution in [2.75, 3.05) is 0 Å². The van der Waals surface area contributed by atoms with Gasteiger partial charge < -0.3 is 14.4 Å². The number of likely N-dealkylation sites (tertiary alicyclic amines) is 1. The number of ketones is 1. The molecule has 1 fully saturated rings. The Labute approximate surface area is 172 Å². The van der Waals surface area contributed by atoms with Gasteiger partial charge in [-0.05, 0) is 36.8 Å². The van der Waals surface area contributed by atoms with E-state index >= 15 is 0 Å². The zero-order chi connectivity index (χ0) is 20.5. The van der Waals surface area contributed by atoms with Crippen molar-refractivity contribution in [2.45, 2.75) is 19.5 Å². The van der Waals surface area contributed by atoms with Crippen molar-refractivity contribution in [3.05, 3.63) is 100.0 Å². The van der Waals surface area contributed by atoms with Crippen LogP contribution in [0.1, 0.15) is 28.5 Å². The first-order valence-corrected chi connectivity index (χ1v) is 9.47. The Bertz CT molecular complexity index is 1100. The van der Waals surface area contributed by atoms with Crippen LogP contribution in [0, 0.1) is 6.92 Å². The van der Waals surface area contributed by atoms with E-state index in [2.05, 4.69) is 0 Å². The Morgan fingerprint density at radius 2 is 1.86 bits per heavy atom. The largest absolute Gasteiger partial charge is 0.507 e. The zero-order valence-electron chi connectivity index (χ0n) is 15.6. The number of hydrogen-bond acceptors (Lipinski definition) is 4. The number of furan rings is 1. The lowest BCUT2D eigenvalue weighted by molar-refractivity contribution is -0.140. The summed E-state index contributed by atoms with van der Waals surface area (Å²) in [5.74, 6) is -1.11. The fourth-order valence-corrected chi connectivity index (χ4v) is 3.70. The smallest absolute Gasteiger partial charge is 0.296 e. The van der Waals surface area contributed by atoms with E-state index in [1.165, 1.54) is 11.2 Å². The molecule has 2 aromatic carbocycles. The lowest BCUT2D eigenvalue weighted by Crippen LogP contribution is -2.29. The molecule has 0 radical (unpaired) electrons. The fourth-order valence-electron chi connectivity index (χ4n) is 3.50. The van der Waals surface area contributed by atoms with Gasteiger partial charge >= 0.3 is 0 Å². The van der Waals surface area contributed by atoms with Crippen LogP contribution in [-0.4, -0.2) is 21.7 Å². The minimum absolute atomic E-state index is 0.0349. The second-order valence-corrected chi connectivity index (χ2v) is 7.36. The molecule has 3 aromatic rings. The van der Waals surface area contributed by atoms with E-state index in [1.807, 2.05) is 19.1 Å². The molecule has 1 aliphatic heterocycles. The molecule has 0 saturated carbocycles. The predicted octanol–water partition coefficient (Wildman–Crippen LogP) is 4.86. The van der Waals surface area contributed by atoms with Crippen LogP contribution in [0.25, 0.3) is 5.76 Å². The van der Waals surface area contributed by atoms with Crippen LogP contribution in [-0.2, 0) is 16.1 Å². The van der Waals surface area contributed by atoms with E-state index in [4.69, 9.17) is 16.0 Å². The van der Waals surface area contributed by atoms with Crippen LogP contribution in [0.3, 0.4) is 0 Å². The SMILES string of the molecule is Cc1ccc(/C(O)=C2\C(=O)C(=O)N(Cc3ccco3)C2c2cccc(Cl)c2)cc1. The zero-order valence-corrected chi connectivity index (χ0v) is 16.4. The Kier molecular flexibility index (Phi) is 4.99. The molecule has 1 N–H and O–H groups in total. The minimum atomic E-state index is -0.778. The third kappa shape index (κ3) is 3.57. The van der Waals surface area contributed by atoms with Gasteiger partial charge in [0.25, 0.3) is 11.7 Å². The van der Waals surface area contributed by atoms with Gasteiger partial charge in [0.15, 0.2) is 0 Å². The first-order valence-electron chi connectivity index (χ1n) is 9.09. The molecule has 5 nitrogen and oxygen atoms in total. The molecule has 146 valence electrons. The molecule has 0 bridgehead atoms. The Hall–Kier alpha value is -3.31. The third-order valence-electron chi connectivity index (χ3n) is 4.94. The van der Waals surface area contributed by atoms with Gasteiger partial charge in [-0.15, -0.1) is 0 Å². The number of rotatable bonds is 4. The highest BCUT2D eigenvalue weighted by Crippen LogP contribution is 2.40. The molecule has 1 atom stereocenters. The van der Waals surface area contributed by atoms with Crippen molar-refractivity contribution in [1.82, 2.24) is 4.90 Å². The number of aliphatic hydroxyl groups is 1. The third-order valence-corrected chi connectivity index (χ3v) is 5.17. The summed E-state index contributed by atoms with van der Waals surface area (Å²) in [7, 11) is 0. The van der Waals surface area contributed by atoms with Crippen molar-refractivity contribution in [3.63, 3.8) is 0 Å². The highest BCUT2D eigenvalue weighted by atomic mass is 35.5. The molecular weight excluding hydrogens is 390 g/mol. The summed E-state index contributed by atoms with van der Waals surface area (Å²) < 4.78 is 5.37. The number of amides is 1. The molecule has 2 heterocycles. The van der Waals surface area contributed by atoms with Crippen LogP contribution < -0.4 is 0 Å². The number of benzene rings is 2. The summed E-state index contributed by atoms with van der Waals surface area (Å²) in [4.78, 5) is 27.2. The maximum absolute atomic E-state index is 12.9. The minimum Gasteiger partial charge on any atom is -0.507 e. The maximum atomic E-state index is 12.9. The Morgan fingerprint density at radius 3 is 2.52 bits per heavy atom. The maximum Gasteiger partial charge on any atom is 0.296 e. The average Bonchev–Trinajstić information content (AvgIpc) is 3.30. The van der Waals surface area contributed by atoms with E-state index in [-0.39, 0.29) is 17.9 Å². The van der Waals surface area contributed by atoms with Crippen molar-refractivity contribution >= 4 is 29.1 Å². The standard InChI is InChI=1S/C23H18ClNO4/c1-14-7-9-15(10-8-14)21(26)19-20(16-4-2-5-17(24)12-16)25(23(28)22(19)27)13-18-6-3-11-29-18/h2-12,20,26H,13H2,1H3/b21-19+. The number of carbonyl (C=O) groups excluding carboxylic acids is 2. The summed E-state index contributed by atoms with van der Waals surface area (Å²) in [6.07, 6.45) is 1.51. The highest BCUT2D eigenvalue weighted by molar-refractivity contribution is 6.46. The topological polar surface area (TPSA) is 70.8 Å². The van der Waals surface area contributed by atoms with Crippen LogP contribution in [0.5, 0.6) is 0 Å². The molecule has 1 aliphatic rings. The van der Waals surface area contributed by atoms with Crippen molar-refractivity contribution in [2.24, 2.45) is 0 Å². The normalized spacial score (nSPS) is 18.4. The average molecular weight is 408 g/mol. The van der Waals surface area contributed by atoms with Gasteiger partial charge in [-0.3, -0.25) is 9.59 Å².